The predicted molar refractivity (Wildman–Crippen MR) is 129 cm³/mol. The number of aliphatic imine (C=N–C) groups is 1. The lowest BCUT2D eigenvalue weighted by Gasteiger charge is -2.36. The van der Waals surface area contributed by atoms with Crippen LogP contribution < -0.4 is 15.4 Å². The monoisotopic (exact) mass is 547 g/mol. The number of benzene rings is 2. The molecule has 1 saturated heterocycles. The van der Waals surface area contributed by atoms with Crippen LogP contribution >= 0.6 is 24.0 Å². The van der Waals surface area contributed by atoms with E-state index in [1.807, 2.05) is 17.0 Å². The maximum Gasteiger partial charge on any atom is 0.215 e. The number of hydrogen-bond acceptors (Lipinski definition) is 4. The number of sulfonamides is 1. The van der Waals surface area contributed by atoms with E-state index in [0.29, 0.717) is 12.5 Å². The van der Waals surface area contributed by atoms with Crippen molar-refractivity contribution >= 4 is 45.6 Å². The Kier molecular flexibility index (Phi) is 8.86. The van der Waals surface area contributed by atoms with Gasteiger partial charge >= 0.3 is 0 Å². The summed E-state index contributed by atoms with van der Waals surface area (Å²) in [5, 5.41) is 0. The van der Waals surface area contributed by atoms with Gasteiger partial charge in [0.2, 0.25) is 10.0 Å². The van der Waals surface area contributed by atoms with Crippen molar-refractivity contribution in [2.75, 3.05) is 38.1 Å². The summed E-state index contributed by atoms with van der Waals surface area (Å²) in [7, 11) is -1.88. The van der Waals surface area contributed by atoms with Crippen LogP contribution in [0, 0.1) is 5.82 Å². The Balaban J connectivity index is 0.00000320. The summed E-state index contributed by atoms with van der Waals surface area (Å²) in [6.07, 6.45) is 0. The van der Waals surface area contributed by atoms with Gasteiger partial charge in [-0.1, -0.05) is 24.3 Å². The van der Waals surface area contributed by atoms with Gasteiger partial charge in [-0.15, -0.1) is 24.0 Å². The Morgan fingerprint density at radius 1 is 1.03 bits per heavy atom. The van der Waals surface area contributed by atoms with Crippen molar-refractivity contribution in [3.05, 3.63) is 65.5 Å². The molecule has 0 spiro atoms. The van der Waals surface area contributed by atoms with Crippen LogP contribution in [0.5, 0.6) is 0 Å². The van der Waals surface area contributed by atoms with E-state index < -0.39 is 10.0 Å². The molecule has 0 unspecified atom stereocenters. The summed E-state index contributed by atoms with van der Waals surface area (Å²) in [6, 6.07) is 13.8. The third kappa shape index (κ3) is 6.81. The van der Waals surface area contributed by atoms with E-state index in [1.54, 1.807) is 24.3 Å². The average Bonchev–Trinajstić information content (AvgIpc) is 2.73. The zero-order valence-corrected chi connectivity index (χ0v) is 19.9. The normalized spacial score (nSPS) is 15.1. The second-order valence-corrected chi connectivity index (χ2v) is 8.83. The van der Waals surface area contributed by atoms with Crippen LogP contribution in [0.3, 0.4) is 0 Å². The molecule has 1 fully saturated rings. The minimum Gasteiger partial charge on any atom is -0.370 e. The van der Waals surface area contributed by atoms with E-state index in [2.05, 4.69) is 14.6 Å². The largest absolute Gasteiger partial charge is 0.370 e. The molecule has 1 heterocycles. The number of rotatable bonds is 6. The van der Waals surface area contributed by atoms with Gasteiger partial charge in [-0.3, -0.25) is 0 Å². The highest BCUT2D eigenvalue weighted by molar-refractivity contribution is 14.0. The second kappa shape index (κ2) is 10.9. The number of nitrogens with zero attached hydrogens (tertiary/aromatic N) is 3. The van der Waals surface area contributed by atoms with Crippen molar-refractivity contribution in [1.82, 2.24) is 9.62 Å². The molecule has 10 heteroatoms. The van der Waals surface area contributed by atoms with E-state index in [0.717, 1.165) is 43.0 Å². The van der Waals surface area contributed by atoms with Crippen LogP contribution in [0.15, 0.2) is 53.5 Å². The predicted octanol–water partition coefficient (Wildman–Crippen LogP) is 2.13. The number of hydrogen-bond donors (Lipinski definition) is 2. The van der Waals surface area contributed by atoms with Crippen molar-refractivity contribution in [2.24, 2.45) is 10.7 Å². The molecule has 0 bridgehead atoms. The molecule has 30 heavy (non-hydrogen) atoms. The Labute approximate surface area is 194 Å². The Bertz CT molecular complexity index is 944. The number of anilines is 1. The van der Waals surface area contributed by atoms with Crippen LogP contribution in [0.25, 0.3) is 0 Å². The van der Waals surface area contributed by atoms with Gasteiger partial charge in [0.15, 0.2) is 5.96 Å². The second-order valence-electron chi connectivity index (χ2n) is 6.90. The molecule has 1 aliphatic rings. The molecule has 0 aliphatic carbocycles. The molecule has 2 aromatic carbocycles. The summed E-state index contributed by atoms with van der Waals surface area (Å²) in [4.78, 5) is 8.70. The average molecular weight is 547 g/mol. The summed E-state index contributed by atoms with van der Waals surface area (Å²) in [5.74, 6) is 0.208. The van der Waals surface area contributed by atoms with Gasteiger partial charge in [0.05, 0.1) is 12.3 Å². The highest BCUT2D eigenvalue weighted by Crippen LogP contribution is 2.17. The van der Waals surface area contributed by atoms with Crippen LogP contribution in [-0.4, -0.2) is 52.5 Å². The molecule has 0 atom stereocenters. The number of guanidine groups is 1. The Morgan fingerprint density at radius 3 is 2.17 bits per heavy atom. The number of nitrogens with two attached hydrogens (primary N) is 1. The van der Waals surface area contributed by atoms with E-state index in [-0.39, 0.29) is 35.5 Å². The van der Waals surface area contributed by atoms with E-state index in [1.165, 1.54) is 19.2 Å². The summed E-state index contributed by atoms with van der Waals surface area (Å²) in [5.41, 5.74) is 8.83. The van der Waals surface area contributed by atoms with E-state index >= 15 is 0 Å². The molecule has 3 N–H and O–H groups in total. The Hall–Kier alpha value is -1.92. The van der Waals surface area contributed by atoms with E-state index in [4.69, 9.17) is 5.73 Å². The minimum atomic E-state index is -3.28. The Morgan fingerprint density at radius 2 is 1.60 bits per heavy atom. The molecular formula is C20H27FIN5O2S. The van der Waals surface area contributed by atoms with Crippen molar-refractivity contribution in [3.63, 3.8) is 0 Å². The van der Waals surface area contributed by atoms with Gasteiger partial charge in [0.25, 0.3) is 0 Å². The van der Waals surface area contributed by atoms with Gasteiger partial charge in [-0.2, -0.15) is 0 Å². The fourth-order valence-electron chi connectivity index (χ4n) is 3.15. The first-order valence-corrected chi connectivity index (χ1v) is 11.1. The molecule has 0 saturated carbocycles. The maximum absolute atomic E-state index is 13.1. The standard InChI is InChI=1S/C20H26FN5O2S.HI/c1-23-29(27,28)15-17-4-2-16(3-5-17)14-24-20(22)26-12-10-25(11-13-26)19-8-6-18(21)7-9-19;/h2-9,23H,10-15H2,1H3,(H2,22,24);1H. The van der Waals surface area contributed by atoms with Crippen LogP contribution in [-0.2, 0) is 22.3 Å². The van der Waals surface area contributed by atoms with Gasteiger partial charge in [0.1, 0.15) is 5.82 Å². The number of piperazine rings is 1. The first-order chi connectivity index (χ1) is 13.9. The highest BCUT2D eigenvalue weighted by Gasteiger charge is 2.18. The van der Waals surface area contributed by atoms with Gasteiger partial charge in [0, 0.05) is 31.9 Å². The molecule has 0 aromatic heterocycles. The van der Waals surface area contributed by atoms with Crippen LogP contribution in [0.2, 0.25) is 0 Å². The van der Waals surface area contributed by atoms with Crippen molar-refractivity contribution in [3.8, 4) is 0 Å². The lowest BCUT2D eigenvalue weighted by Crippen LogP contribution is -2.51. The van der Waals surface area contributed by atoms with Crippen molar-refractivity contribution < 1.29 is 12.8 Å². The van der Waals surface area contributed by atoms with Crippen molar-refractivity contribution in [1.29, 1.82) is 0 Å². The quantitative estimate of drug-likeness (QED) is 0.329. The first kappa shape index (κ1) is 24.4. The molecule has 7 nitrogen and oxygen atoms in total. The van der Waals surface area contributed by atoms with Crippen LogP contribution in [0.1, 0.15) is 11.1 Å². The maximum atomic E-state index is 13.1. The highest BCUT2D eigenvalue weighted by atomic mass is 127. The third-order valence-corrected chi connectivity index (χ3v) is 6.25. The SMILES string of the molecule is CNS(=O)(=O)Cc1ccc(CN=C(N)N2CCN(c3ccc(F)cc3)CC2)cc1.I. The fourth-order valence-corrected chi connectivity index (χ4v) is 3.93. The molecule has 2 aromatic rings. The molecule has 0 amide bonds. The van der Waals surface area contributed by atoms with E-state index in [9.17, 15) is 12.8 Å². The van der Waals surface area contributed by atoms with Crippen molar-refractivity contribution in [2.45, 2.75) is 12.3 Å². The molecule has 1 aliphatic heterocycles. The minimum absolute atomic E-state index is 0. The molecule has 164 valence electrons. The zero-order chi connectivity index (χ0) is 20.9. The lowest BCUT2D eigenvalue weighted by atomic mass is 10.1. The summed E-state index contributed by atoms with van der Waals surface area (Å²) in [6.45, 7) is 3.50. The third-order valence-electron chi connectivity index (χ3n) is 4.91. The topological polar surface area (TPSA) is 91.0 Å². The molecule has 0 radical (unpaired) electrons. The smallest absolute Gasteiger partial charge is 0.215 e. The summed E-state index contributed by atoms with van der Waals surface area (Å²) >= 11 is 0. The number of halogens is 2. The lowest BCUT2D eigenvalue weighted by molar-refractivity contribution is 0.380. The number of nitrogens with one attached hydrogen (secondary N) is 1. The molecular weight excluding hydrogens is 520 g/mol. The van der Waals surface area contributed by atoms with Gasteiger partial charge < -0.3 is 15.5 Å². The van der Waals surface area contributed by atoms with Gasteiger partial charge in [-0.25, -0.2) is 22.5 Å². The zero-order valence-electron chi connectivity index (χ0n) is 16.8. The first-order valence-electron chi connectivity index (χ1n) is 9.41. The van der Waals surface area contributed by atoms with Gasteiger partial charge in [-0.05, 0) is 42.4 Å². The summed E-state index contributed by atoms with van der Waals surface area (Å²) < 4.78 is 38.6. The van der Waals surface area contributed by atoms with Crippen LogP contribution in [0.4, 0.5) is 10.1 Å². The molecule has 3 rings (SSSR count). The fraction of sp³-hybridized carbons (Fsp3) is 0.350.